The summed E-state index contributed by atoms with van der Waals surface area (Å²) in [6.07, 6.45) is -3.87. The van der Waals surface area contributed by atoms with Crippen molar-refractivity contribution < 1.29 is 22.6 Å². The first-order chi connectivity index (χ1) is 9.99. The normalized spacial score (nSPS) is 13.7. The van der Waals surface area contributed by atoms with Crippen molar-refractivity contribution in [3.63, 3.8) is 0 Å². The van der Waals surface area contributed by atoms with E-state index in [-0.39, 0.29) is 0 Å². The number of hydrogen-bond donors (Lipinski definition) is 0. The summed E-state index contributed by atoms with van der Waals surface area (Å²) in [4.78, 5) is 0. The van der Waals surface area contributed by atoms with Gasteiger partial charge >= 0.3 is 6.18 Å². The summed E-state index contributed by atoms with van der Waals surface area (Å²) in [5.41, 5.74) is 1.06. The molecule has 0 aliphatic carbocycles. The van der Waals surface area contributed by atoms with Crippen molar-refractivity contribution in [2.24, 2.45) is 0 Å². The van der Waals surface area contributed by atoms with Gasteiger partial charge in [0.25, 0.3) is 0 Å². The molecule has 2 nitrogen and oxygen atoms in total. The van der Waals surface area contributed by atoms with Crippen LogP contribution < -0.4 is 9.47 Å². The van der Waals surface area contributed by atoms with Crippen molar-refractivity contribution in [3.8, 4) is 22.6 Å². The molecule has 0 saturated heterocycles. The van der Waals surface area contributed by atoms with Gasteiger partial charge in [-0.3, -0.25) is 0 Å². The molecule has 110 valence electrons. The number of hydrogen-bond acceptors (Lipinski definition) is 2. The van der Waals surface area contributed by atoms with E-state index in [0.29, 0.717) is 41.2 Å². The summed E-state index contributed by atoms with van der Waals surface area (Å²) >= 11 is 0. The number of fused-ring (bicyclic) bond motifs is 1. The van der Waals surface area contributed by atoms with Crippen molar-refractivity contribution in [3.05, 3.63) is 47.5 Å². The Morgan fingerprint density at radius 2 is 1.95 bits per heavy atom. The molecule has 0 atom stereocenters. The molecule has 5 heteroatoms. The maximum atomic E-state index is 13.0. The number of rotatable bonds is 2. The molecule has 0 saturated carbocycles. The van der Waals surface area contributed by atoms with Crippen LogP contribution >= 0.6 is 0 Å². The molecule has 3 rings (SSSR count). The molecule has 1 aliphatic heterocycles. The van der Waals surface area contributed by atoms with Gasteiger partial charge in [-0.2, -0.15) is 13.2 Å². The van der Waals surface area contributed by atoms with Crippen LogP contribution in [0.25, 0.3) is 11.1 Å². The molecule has 0 amide bonds. The Morgan fingerprint density at radius 1 is 1.14 bits per heavy atom. The van der Waals surface area contributed by atoms with Crippen LogP contribution in [0, 0.1) is 0 Å². The van der Waals surface area contributed by atoms with Crippen molar-refractivity contribution in [1.82, 2.24) is 0 Å². The summed E-state index contributed by atoms with van der Waals surface area (Å²) in [7, 11) is 1.52. The SMILES string of the molecule is COc1cccc(-c2cc(C(F)(F)F)cc3c2OCC3)c1. The van der Waals surface area contributed by atoms with E-state index in [1.54, 1.807) is 24.3 Å². The lowest BCUT2D eigenvalue weighted by atomic mass is 9.97. The van der Waals surface area contributed by atoms with Gasteiger partial charge in [0.15, 0.2) is 0 Å². The quantitative estimate of drug-likeness (QED) is 0.821. The topological polar surface area (TPSA) is 18.5 Å². The van der Waals surface area contributed by atoms with Gasteiger partial charge in [-0.05, 0) is 35.4 Å². The second-order valence-corrected chi connectivity index (χ2v) is 4.84. The summed E-state index contributed by atoms with van der Waals surface area (Å²) in [6, 6.07) is 9.26. The minimum atomic E-state index is -4.37. The molecule has 0 spiro atoms. The Labute approximate surface area is 120 Å². The lowest BCUT2D eigenvalue weighted by Gasteiger charge is -2.14. The average Bonchev–Trinajstić information content (AvgIpc) is 2.93. The van der Waals surface area contributed by atoms with Crippen LogP contribution in [0.5, 0.6) is 11.5 Å². The van der Waals surface area contributed by atoms with Crippen LogP contribution in [0.3, 0.4) is 0 Å². The zero-order chi connectivity index (χ0) is 15.0. The van der Waals surface area contributed by atoms with Crippen LogP contribution in [0.15, 0.2) is 36.4 Å². The average molecular weight is 294 g/mol. The van der Waals surface area contributed by atoms with Gasteiger partial charge in [0.05, 0.1) is 19.3 Å². The molecule has 2 aromatic carbocycles. The maximum absolute atomic E-state index is 13.0. The maximum Gasteiger partial charge on any atom is 0.416 e. The van der Waals surface area contributed by atoms with E-state index in [9.17, 15) is 13.2 Å². The molecule has 21 heavy (non-hydrogen) atoms. The number of ether oxygens (including phenoxy) is 2. The van der Waals surface area contributed by atoms with Gasteiger partial charge in [-0.25, -0.2) is 0 Å². The van der Waals surface area contributed by atoms with Crippen LogP contribution in [0.1, 0.15) is 11.1 Å². The van der Waals surface area contributed by atoms with E-state index in [2.05, 4.69) is 0 Å². The highest BCUT2D eigenvalue weighted by molar-refractivity contribution is 5.75. The highest BCUT2D eigenvalue weighted by Crippen LogP contribution is 2.42. The minimum Gasteiger partial charge on any atom is -0.497 e. The van der Waals surface area contributed by atoms with Gasteiger partial charge in [-0.15, -0.1) is 0 Å². The predicted octanol–water partition coefficient (Wildman–Crippen LogP) is 4.32. The molecule has 1 aliphatic rings. The zero-order valence-corrected chi connectivity index (χ0v) is 11.3. The van der Waals surface area contributed by atoms with E-state index in [4.69, 9.17) is 9.47 Å². The Hall–Kier alpha value is -2.17. The Bertz CT molecular complexity index is 678. The van der Waals surface area contributed by atoms with Crippen LogP contribution in [0.4, 0.5) is 13.2 Å². The largest absolute Gasteiger partial charge is 0.497 e. The molecular weight excluding hydrogens is 281 g/mol. The standard InChI is InChI=1S/C16H13F3O2/c1-20-13-4-2-3-10(8-13)14-9-12(16(17,18)19)7-11-5-6-21-15(11)14/h2-4,7-9H,5-6H2,1H3. The lowest BCUT2D eigenvalue weighted by Crippen LogP contribution is -2.05. The van der Waals surface area contributed by atoms with Crippen LogP contribution in [-0.4, -0.2) is 13.7 Å². The fourth-order valence-electron chi connectivity index (χ4n) is 2.48. The Morgan fingerprint density at radius 3 is 2.67 bits per heavy atom. The minimum absolute atomic E-state index is 0.410. The van der Waals surface area contributed by atoms with Gasteiger partial charge in [-0.1, -0.05) is 12.1 Å². The second-order valence-electron chi connectivity index (χ2n) is 4.84. The van der Waals surface area contributed by atoms with E-state index in [1.807, 2.05) is 0 Å². The first-order valence-corrected chi connectivity index (χ1v) is 6.50. The first kappa shape index (κ1) is 13.8. The molecule has 1 heterocycles. The van der Waals surface area contributed by atoms with Gasteiger partial charge in [0.1, 0.15) is 11.5 Å². The smallest absolute Gasteiger partial charge is 0.416 e. The van der Waals surface area contributed by atoms with Gasteiger partial charge in [0.2, 0.25) is 0 Å². The summed E-state index contributed by atoms with van der Waals surface area (Å²) < 4.78 is 49.7. The van der Waals surface area contributed by atoms with E-state index in [0.717, 1.165) is 6.07 Å². The lowest BCUT2D eigenvalue weighted by molar-refractivity contribution is -0.137. The van der Waals surface area contributed by atoms with E-state index < -0.39 is 11.7 Å². The molecular formula is C16H13F3O2. The highest BCUT2D eigenvalue weighted by atomic mass is 19.4. The monoisotopic (exact) mass is 294 g/mol. The number of methoxy groups -OCH3 is 1. The Balaban J connectivity index is 2.19. The van der Waals surface area contributed by atoms with Crippen LogP contribution in [-0.2, 0) is 12.6 Å². The third kappa shape index (κ3) is 2.55. The first-order valence-electron chi connectivity index (χ1n) is 6.50. The third-order valence-corrected chi connectivity index (χ3v) is 3.49. The number of alkyl halides is 3. The summed E-state index contributed by atoms with van der Waals surface area (Å²) in [5.74, 6) is 1.13. The fraction of sp³-hybridized carbons (Fsp3) is 0.250. The van der Waals surface area contributed by atoms with Crippen molar-refractivity contribution in [1.29, 1.82) is 0 Å². The Kier molecular flexibility index (Phi) is 3.27. The van der Waals surface area contributed by atoms with Crippen LogP contribution in [0.2, 0.25) is 0 Å². The molecule has 0 bridgehead atoms. The number of halogens is 3. The molecule has 0 N–H and O–H groups in total. The molecule has 0 radical (unpaired) electrons. The van der Waals surface area contributed by atoms with Gasteiger partial charge in [0, 0.05) is 12.0 Å². The second kappa shape index (κ2) is 4.98. The van der Waals surface area contributed by atoms with Gasteiger partial charge < -0.3 is 9.47 Å². The molecule has 0 fully saturated rings. The van der Waals surface area contributed by atoms with E-state index >= 15 is 0 Å². The highest BCUT2D eigenvalue weighted by Gasteiger charge is 2.33. The summed E-state index contributed by atoms with van der Waals surface area (Å²) in [5, 5.41) is 0. The summed E-state index contributed by atoms with van der Waals surface area (Å²) in [6.45, 7) is 0.410. The molecule has 0 aromatic heterocycles. The molecule has 2 aromatic rings. The fourth-order valence-corrected chi connectivity index (χ4v) is 2.48. The van der Waals surface area contributed by atoms with E-state index in [1.165, 1.54) is 13.2 Å². The zero-order valence-electron chi connectivity index (χ0n) is 11.3. The third-order valence-electron chi connectivity index (χ3n) is 3.49. The van der Waals surface area contributed by atoms with Crippen molar-refractivity contribution in [2.75, 3.05) is 13.7 Å². The number of benzene rings is 2. The predicted molar refractivity (Wildman–Crippen MR) is 72.6 cm³/mol. The van der Waals surface area contributed by atoms with Crippen molar-refractivity contribution in [2.45, 2.75) is 12.6 Å². The van der Waals surface area contributed by atoms with Crippen molar-refractivity contribution >= 4 is 0 Å². The molecule has 0 unspecified atom stereocenters.